The molecule has 0 N–H and O–H groups in total. The van der Waals surface area contributed by atoms with E-state index in [4.69, 9.17) is 4.74 Å². The van der Waals surface area contributed by atoms with Crippen molar-refractivity contribution < 1.29 is 24.0 Å². The second-order valence-electron chi connectivity index (χ2n) is 3.76. The zero-order valence-corrected chi connectivity index (χ0v) is 9.94. The summed E-state index contributed by atoms with van der Waals surface area (Å²) >= 11 is 0. The van der Waals surface area contributed by atoms with E-state index in [0.717, 1.165) is 12.8 Å². The molecule has 0 aliphatic carbocycles. The highest BCUT2D eigenvalue weighted by atomic mass is 16.7. The number of unbranched alkanes of at least 4 members (excludes halogenated alkanes) is 1. The van der Waals surface area contributed by atoms with E-state index in [1.807, 2.05) is 6.92 Å². The molecule has 0 atom stereocenters. The maximum atomic E-state index is 11.3. The molecule has 0 aromatic carbocycles. The van der Waals surface area contributed by atoms with Crippen molar-refractivity contribution in [3.05, 3.63) is 0 Å². The Balaban J connectivity index is 2.16. The van der Waals surface area contributed by atoms with Gasteiger partial charge in [0.15, 0.2) is 0 Å². The van der Waals surface area contributed by atoms with E-state index in [2.05, 4.69) is 4.84 Å². The van der Waals surface area contributed by atoms with Crippen LogP contribution >= 0.6 is 0 Å². The Labute approximate surface area is 99.8 Å². The molecule has 1 aliphatic rings. The lowest BCUT2D eigenvalue weighted by Crippen LogP contribution is -2.32. The zero-order chi connectivity index (χ0) is 12.7. The first kappa shape index (κ1) is 13.6. The molecule has 0 aromatic heterocycles. The normalized spacial score (nSPS) is 15.5. The monoisotopic (exact) mass is 243 g/mol. The molecule has 1 fully saturated rings. The van der Waals surface area contributed by atoms with E-state index in [1.54, 1.807) is 0 Å². The molecule has 0 bridgehead atoms. The second-order valence-corrected chi connectivity index (χ2v) is 3.76. The van der Waals surface area contributed by atoms with E-state index in [1.165, 1.54) is 0 Å². The number of nitrogens with zero attached hydrogens (tertiary/aromatic N) is 1. The number of amides is 2. The van der Waals surface area contributed by atoms with Gasteiger partial charge in [-0.15, -0.1) is 5.06 Å². The molecule has 0 saturated carbocycles. The lowest BCUT2D eigenvalue weighted by Gasteiger charge is -2.12. The molecule has 0 unspecified atom stereocenters. The fraction of sp³-hybridized carbons (Fsp3) is 0.727. The van der Waals surface area contributed by atoms with Gasteiger partial charge in [0.25, 0.3) is 11.8 Å². The number of carbonyl (C=O) groups excluding carboxylic acids is 3. The number of hydrogen-bond donors (Lipinski definition) is 0. The summed E-state index contributed by atoms with van der Waals surface area (Å²) in [5.41, 5.74) is 0. The largest absolute Gasteiger partial charge is 0.381 e. The van der Waals surface area contributed by atoms with E-state index < -0.39 is 17.8 Å². The van der Waals surface area contributed by atoms with Gasteiger partial charge in [-0.2, -0.15) is 0 Å². The minimum Gasteiger partial charge on any atom is -0.381 e. The highest BCUT2D eigenvalue weighted by Gasteiger charge is 2.32. The van der Waals surface area contributed by atoms with Crippen LogP contribution in [0.2, 0.25) is 0 Å². The molecule has 96 valence electrons. The Morgan fingerprint density at radius 2 is 1.88 bits per heavy atom. The van der Waals surface area contributed by atoms with Gasteiger partial charge in [-0.05, 0) is 6.42 Å². The van der Waals surface area contributed by atoms with Crippen LogP contribution in [0.15, 0.2) is 0 Å². The molecular formula is C11H17NO5. The Bertz CT molecular complexity index is 286. The van der Waals surface area contributed by atoms with Crippen LogP contribution in [0.5, 0.6) is 0 Å². The molecule has 17 heavy (non-hydrogen) atoms. The first-order valence-electron chi connectivity index (χ1n) is 5.79. The van der Waals surface area contributed by atoms with Crippen molar-refractivity contribution in [3.8, 4) is 0 Å². The van der Waals surface area contributed by atoms with Crippen LogP contribution < -0.4 is 0 Å². The number of imide groups is 1. The van der Waals surface area contributed by atoms with Crippen LogP contribution in [-0.4, -0.2) is 36.1 Å². The summed E-state index contributed by atoms with van der Waals surface area (Å²) in [6.45, 7) is 2.89. The molecule has 6 heteroatoms. The van der Waals surface area contributed by atoms with Gasteiger partial charge in [-0.3, -0.25) is 9.59 Å². The van der Waals surface area contributed by atoms with E-state index >= 15 is 0 Å². The van der Waals surface area contributed by atoms with Crippen molar-refractivity contribution >= 4 is 17.8 Å². The van der Waals surface area contributed by atoms with E-state index in [-0.39, 0.29) is 25.9 Å². The first-order chi connectivity index (χ1) is 8.15. The summed E-state index contributed by atoms with van der Waals surface area (Å²) in [6, 6.07) is 0. The Kier molecular flexibility index (Phi) is 5.62. The maximum absolute atomic E-state index is 11.3. The Hall–Kier alpha value is -1.43. The minimum absolute atomic E-state index is 0.0424. The van der Waals surface area contributed by atoms with Crippen molar-refractivity contribution in [2.24, 2.45) is 0 Å². The Morgan fingerprint density at radius 1 is 1.24 bits per heavy atom. The average molecular weight is 243 g/mol. The van der Waals surface area contributed by atoms with E-state index in [9.17, 15) is 14.4 Å². The summed E-state index contributed by atoms with van der Waals surface area (Å²) in [5, 5.41) is 0.550. The lowest BCUT2D eigenvalue weighted by atomic mass is 10.4. The van der Waals surface area contributed by atoms with Crippen molar-refractivity contribution in [3.63, 3.8) is 0 Å². The topological polar surface area (TPSA) is 72.9 Å². The third kappa shape index (κ3) is 4.52. The standard InChI is InChI=1S/C11H17NO5/c1-2-3-7-16-8-6-11(15)17-12-9(13)4-5-10(12)14/h2-8H2,1H3. The first-order valence-corrected chi connectivity index (χ1v) is 5.79. The van der Waals surface area contributed by atoms with Crippen LogP contribution in [0, 0.1) is 0 Å². The van der Waals surface area contributed by atoms with Crippen LogP contribution in [0.4, 0.5) is 0 Å². The average Bonchev–Trinajstić information content (AvgIpc) is 2.60. The van der Waals surface area contributed by atoms with Crippen molar-refractivity contribution in [2.75, 3.05) is 13.2 Å². The summed E-state index contributed by atoms with van der Waals surface area (Å²) in [4.78, 5) is 38.2. The molecule has 1 aliphatic heterocycles. The molecule has 2 amide bonds. The van der Waals surface area contributed by atoms with Gasteiger partial charge in [-0.1, -0.05) is 13.3 Å². The third-order valence-electron chi connectivity index (χ3n) is 2.29. The SMILES string of the molecule is CCCCOCCC(=O)ON1C(=O)CCC1=O. The molecule has 0 aromatic rings. The maximum Gasteiger partial charge on any atom is 0.335 e. The van der Waals surface area contributed by atoms with Gasteiger partial charge in [0.2, 0.25) is 0 Å². The third-order valence-corrected chi connectivity index (χ3v) is 2.29. The fourth-order valence-electron chi connectivity index (χ4n) is 1.31. The number of ether oxygens (including phenoxy) is 1. The van der Waals surface area contributed by atoms with Crippen LogP contribution in [-0.2, 0) is 24.0 Å². The quantitative estimate of drug-likeness (QED) is 0.488. The summed E-state index contributed by atoms with van der Waals surface area (Å²) < 4.78 is 5.17. The number of carbonyl (C=O) groups is 3. The van der Waals surface area contributed by atoms with Crippen molar-refractivity contribution in [1.29, 1.82) is 0 Å². The van der Waals surface area contributed by atoms with Crippen molar-refractivity contribution in [1.82, 2.24) is 5.06 Å². The molecular weight excluding hydrogens is 226 g/mol. The van der Waals surface area contributed by atoms with Gasteiger partial charge in [0, 0.05) is 19.4 Å². The smallest absolute Gasteiger partial charge is 0.335 e. The minimum atomic E-state index is -0.620. The molecule has 1 rings (SSSR count). The summed E-state index contributed by atoms with van der Waals surface area (Å²) in [6.07, 6.45) is 2.23. The number of rotatable bonds is 7. The predicted molar refractivity (Wildman–Crippen MR) is 57.5 cm³/mol. The van der Waals surface area contributed by atoms with Crippen molar-refractivity contribution in [2.45, 2.75) is 39.0 Å². The summed E-state index contributed by atoms with van der Waals surface area (Å²) in [5.74, 6) is -1.55. The highest BCUT2D eigenvalue weighted by Crippen LogP contribution is 2.12. The van der Waals surface area contributed by atoms with Gasteiger partial charge in [0.1, 0.15) is 0 Å². The van der Waals surface area contributed by atoms with Gasteiger partial charge in [0.05, 0.1) is 13.0 Å². The van der Waals surface area contributed by atoms with Crippen LogP contribution in [0.25, 0.3) is 0 Å². The molecule has 0 radical (unpaired) electrons. The van der Waals surface area contributed by atoms with Crippen LogP contribution in [0.1, 0.15) is 39.0 Å². The van der Waals surface area contributed by atoms with E-state index in [0.29, 0.717) is 11.7 Å². The second kappa shape index (κ2) is 7.01. The van der Waals surface area contributed by atoms with Gasteiger partial charge < -0.3 is 9.57 Å². The zero-order valence-electron chi connectivity index (χ0n) is 9.94. The highest BCUT2D eigenvalue weighted by molar-refractivity contribution is 6.01. The number of hydroxylamine groups is 2. The summed E-state index contributed by atoms with van der Waals surface area (Å²) in [7, 11) is 0. The number of hydrogen-bond acceptors (Lipinski definition) is 5. The van der Waals surface area contributed by atoms with Crippen LogP contribution in [0.3, 0.4) is 0 Å². The Morgan fingerprint density at radius 3 is 2.47 bits per heavy atom. The van der Waals surface area contributed by atoms with Gasteiger partial charge >= 0.3 is 5.97 Å². The molecule has 0 spiro atoms. The lowest BCUT2D eigenvalue weighted by molar-refractivity contribution is -0.198. The molecule has 6 nitrogen and oxygen atoms in total. The molecule has 1 heterocycles. The molecule has 1 saturated heterocycles. The van der Waals surface area contributed by atoms with Gasteiger partial charge in [-0.25, -0.2) is 4.79 Å². The predicted octanol–water partition coefficient (Wildman–Crippen LogP) is 0.800. The fourth-order valence-corrected chi connectivity index (χ4v) is 1.31.